The molecule has 1 heterocycles. The van der Waals surface area contributed by atoms with Gasteiger partial charge in [-0.05, 0) is 45.6 Å². The Morgan fingerprint density at radius 1 is 1.35 bits per heavy atom. The average Bonchev–Trinajstić information content (AvgIpc) is 3.17. The zero-order valence-electron chi connectivity index (χ0n) is 12.4. The number of sulfone groups is 1. The van der Waals surface area contributed by atoms with E-state index in [0.29, 0.717) is 25.4 Å². The molecule has 114 valence electrons. The minimum absolute atomic E-state index is 0.223. The molecule has 0 amide bonds. The van der Waals surface area contributed by atoms with Crippen molar-refractivity contribution < 1.29 is 8.42 Å². The highest BCUT2D eigenvalue weighted by atomic mass is 32.2. The Morgan fingerprint density at radius 2 is 2.05 bits per heavy atom. The van der Waals surface area contributed by atoms with Crippen molar-refractivity contribution in [1.29, 1.82) is 5.26 Å². The molecule has 0 radical (unpaired) electrons. The summed E-state index contributed by atoms with van der Waals surface area (Å²) in [4.78, 5) is 2.15. The van der Waals surface area contributed by atoms with E-state index in [9.17, 15) is 13.7 Å². The van der Waals surface area contributed by atoms with Crippen LogP contribution in [0.5, 0.6) is 0 Å². The molecule has 1 aliphatic carbocycles. The molecule has 2 rings (SSSR count). The first-order chi connectivity index (χ1) is 9.37. The summed E-state index contributed by atoms with van der Waals surface area (Å²) < 4.78 is 23.3. The molecule has 0 aromatic heterocycles. The van der Waals surface area contributed by atoms with Crippen molar-refractivity contribution in [3.05, 3.63) is 0 Å². The van der Waals surface area contributed by atoms with Gasteiger partial charge < -0.3 is 0 Å². The molecular formula is C14H25N3O2S. The van der Waals surface area contributed by atoms with Gasteiger partial charge in [-0.2, -0.15) is 5.26 Å². The van der Waals surface area contributed by atoms with Crippen LogP contribution in [0.1, 0.15) is 33.1 Å². The Labute approximate surface area is 122 Å². The van der Waals surface area contributed by atoms with Crippen molar-refractivity contribution in [2.24, 2.45) is 5.92 Å². The number of nitriles is 1. The third-order valence-electron chi connectivity index (χ3n) is 4.14. The molecule has 2 fully saturated rings. The van der Waals surface area contributed by atoms with Crippen LogP contribution in [0.2, 0.25) is 0 Å². The fraction of sp³-hybridized carbons (Fsp3) is 0.929. The van der Waals surface area contributed by atoms with Crippen LogP contribution in [-0.4, -0.2) is 56.0 Å². The molecule has 0 spiro atoms. The second-order valence-corrected chi connectivity index (χ2v) is 8.74. The topological polar surface area (TPSA) is 73.2 Å². The van der Waals surface area contributed by atoms with E-state index in [1.807, 2.05) is 0 Å². The van der Waals surface area contributed by atoms with Gasteiger partial charge in [0.25, 0.3) is 0 Å². The van der Waals surface area contributed by atoms with Crippen LogP contribution < -0.4 is 5.32 Å². The highest BCUT2D eigenvalue weighted by Gasteiger charge is 2.47. The molecule has 5 nitrogen and oxygen atoms in total. The Kier molecular flexibility index (Phi) is 4.73. The average molecular weight is 299 g/mol. The molecule has 1 saturated carbocycles. The first kappa shape index (κ1) is 15.7. The fourth-order valence-electron chi connectivity index (χ4n) is 3.04. The molecule has 2 aliphatic rings. The summed E-state index contributed by atoms with van der Waals surface area (Å²) >= 11 is 0. The van der Waals surface area contributed by atoms with Gasteiger partial charge in [-0.15, -0.1) is 0 Å². The zero-order valence-corrected chi connectivity index (χ0v) is 13.2. The van der Waals surface area contributed by atoms with Gasteiger partial charge in [-0.25, -0.2) is 8.42 Å². The van der Waals surface area contributed by atoms with Crippen molar-refractivity contribution in [3.63, 3.8) is 0 Å². The monoisotopic (exact) mass is 299 g/mol. The van der Waals surface area contributed by atoms with Crippen LogP contribution in [0.25, 0.3) is 0 Å². The standard InChI is InChI=1S/C14H25N3O2S/c1-12(2)16-14(10-15,13-4-5-13)11-17-6-3-8-20(18,19)9-7-17/h12-13,16H,3-9,11H2,1-2H3. The molecule has 1 saturated heterocycles. The first-order valence-corrected chi connectivity index (χ1v) is 9.31. The van der Waals surface area contributed by atoms with E-state index in [1.54, 1.807) is 0 Å². The van der Waals surface area contributed by atoms with Crippen LogP contribution >= 0.6 is 0 Å². The van der Waals surface area contributed by atoms with Crippen LogP contribution in [0.3, 0.4) is 0 Å². The lowest BCUT2D eigenvalue weighted by molar-refractivity contribution is 0.198. The second-order valence-electron chi connectivity index (χ2n) is 6.44. The van der Waals surface area contributed by atoms with Gasteiger partial charge >= 0.3 is 0 Å². The summed E-state index contributed by atoms with van der Waals surface area (Å²) in [5.41, 5.74) is -0.512. The molecule has 1 N–H and O–H groups in total. The normalized spacial score (nSPS) is 26.7. The lowest BCUT2D eigenvalue weighted by Crippen LogP contribution is -2.57. The lowest BCUT2D eigenvalue weighted by Gasteiger charge is -2.35. The summed E-state index contributed by atoms with van der Waals surface area (Å²) in [6.07, 6.45) is 2.87. The van der Waals surface area contributed by atoms with Gasteiger partial charge in [-0.1, -0.05) is 0 Å². The summed E-state index contributed by atoms with van der Waals surface area (Å²) in [5.74, 6) is 0.917. The summed E-state index contributed by atoms with van der Waals surface area (Å²) in [6.45, 7) is 6.08. The number of nitrogens with one attached hydrogen (secondary N) is 1. The van der Waals surface area contributed by atoms with E-state index in [4.69, 9.17) is 0 Å². The molecule has 0 bridgehead atoms. The van der Waals surface area contributed by atoms with E-state index >= 15 is 0 Å². The number of hydrogen-bond acceptors (Lipinski definition) is 5. The number of rotatable bonds is 5. The zero-order chi connectivity index (χ0) is 14.8. The third kappa shape index (κ3) is 3.94. The maximum Gasteiger partial charge on any atom is 0.151 e. The van der Waals surface area contributed by atoms with E-state index in [-0.39, 0.29) is 17.5 Å². The van der Waals surface area contributed by atoms with Gasteiger partial charge in [0.2, 0.25) is 0 Å². The Bertz CT molecular complexity index is 479. The fourth-order valence-corrected chi connectivity index (χ4v) is 4.35. The van der Waals surface area contributed by atoms with Gasteiger partial charge in [0.05, 0.1) is 17.6 Å². The number of hydrogen-bond donors (Lipinski definition) is 1. The minimum Gasteiger partial charge on any atom is -0.299 e. The van der Waals surface area contributed by atoms with Crippen LogP contribution in [-0.2, 0) is 9.84 Å². The molecule has 0 aromatic carbocycles. The van der Waals surface area contributed by atoms with Crippen molar-refractivity contribution in [3.8, 4) is 6.07 Å². The minimum atomic E-state index is -2.89. The third-order valence-corrected chi connectivity index (χ3v) is 5.86. The van der Waals surface area contributed by atoms with E-state index in [2.05, 4.69) is 30.1 Å². The lowest BCUT2D eigenvalue weighted by atomic mass is 9.93. The van der Waals surface area contributed by atoms with Crippen molar-refractivity contribution in [1.82, 2.24) is 10.2 Å². The summed E-state index contributed by atoms with van der Waals surface area (Å²) in [5, 5.41) is 13.1. The van der Waals surface area contributed by atoms with Crippen molar-refractivity contribution in [2.45, 2.75) is 44.7 Å². The molecule has 1 aliphatic heterocycles. The smallest absolute Gasteiger partial charge is 0.151 e. The molecule has 20 heavy (non-hydrogen) atoms. The first-order valence-electron chi connectivity index (χ1n) is 7.49. The van der Waals surface area contributed by atoms with Gasteiger partial charge in [-0.3, -0.25) is 10.2 Å². The highest BCUT2D eigenvalue weighted by Crippen LogP contribution is 2.40. The molecule has 1 atom stereocenters. The second kappa shape index (κ2) is 6.00. The van der Waals surface area contributed by atoms with Gasteiger partial charge in [0.15, 0.2) is 9.84 Å². The Hall–Kier alpha value is -0.640. The predicted molar refractivity (Wildman–Crippen MR) is 79.1 cm³/mol. The van der Waals surface area contributed by atoms with Crippen LogP contribution in [0.4, 0.5) is 0 Å². The molecule has 0 aromatic rings. The van der Waals surface area contributed by atoms with Crippen molar-refractivity contribution >= 4 is 9.84 Å². The summed E-state index contributed by atoms with van der Waals surface area (Å²) in [7, 11) is -2.89. The summed E-state index contributed by atoms with van der Waals surface area (Å²) in [6, 6.07) is 2.75. The largest absolute Gasteiger partial charge is 0.299 e. The highest BCUT2D eigenvalue weighted by molar-refractivity contribution is 7.91. The number of nitrogens with zero attached hydrogens (tertiary/aromatic N) is 2. The Balaban J connectivity index is 2.06. The quantitative estimate of drug-likeness (QED) is 0.812. The molecule has 6 heteroatoms. The molecule has 1 unspecified atom stereocenters. The van der Waals surface area contributed by atoms with E-state index in [1.165, 1.54) is 0 Å². The molecular weight excluding hydrogens is 274 g/mol. The SMILES string of the molecule is CC(C)NC(C#N)(CN1CCCS(=O)(=O)CC1)C1CC1. The van der Waals surface area contributed by atoms with E-state index in [0.717, 1.165) is 19.4 Å². The van der Waals surface area contributed by atoms with Gasteiger partial charge in [0, 0.05) is 19.1 Å². The maximum absolute atomic E-state index is 11.7. The Morgan fingerprint density at radius 3 is 2.60 bits per heavy atom. The van der Waals surface area contributed by atoms with Crippen LogP contribution in [0, 0.1) is 17.2 Å². The van der Waals surface area contributed by atoms with Crippen molar-refractivity contribution in [2.75, 3.05) is 31.1 Å². The van der Waals surface area contributed by atoms with Gasteiger partial charge in [0.1, 0.15) is 5.54 Å². The van der Waals surface area contributed by atoms with E-state index < -0.39 is 15.4 Å². The van der Waals surface area contributed by atoms with Crippen LogP contribution in [0.15, 0.2) is 0 Å². The maximum atomic E-state index is 11.7. The predicted octanol–water partition coefficient (Wildman–Crippen LogP) is 0.777.